The molecular formula is C17H21NO4. The molecule has 1 saturated heterocycles. The van der Waals surface area contributed by atoms with Gasteiger partial charge < -0.3 is 19.1 Å². The van der Waals surface area contributed by atoms with Crippen molar-refractivity contribution in [2.75, 3.05) is 19.8 Å². The van der Waals surface area contributed by atoms with E-state index in [0.29, 0.717) is 25.4 Å². The minimum absolute atomic E-state index is 0.0118. The summed E-state index contributed by atoms with van der Waals surface area (Å²) in [4.78, 5) is 11.7. The van der Waals surface area contributed by atoms with Gasteiger partial charge in [-0.05, 0) is 32.4 Å². The van der Waals surface area contributed by atoms with Gasteiger partial charge in [0.15, 0.2) is 0 Å². The Morgan fingerprint density at radius 2 is 2.14 bits per heavy atom. The van der Waals surface area contributed by atoms with Crippen molar-refractivity contribution in [1.82, 2.24) is 4.57 Å². The Morgan fingerprint density at radius 3 is 2.77 bits per heavy atom. The molecule has 2 unspecified atom stereocenters. The maximum absolute atomic E-state index is 11.7. The average Bonchev–Trinajstić information content (AvgIpc) is 2.81. The van der Waals surface area contributed by atoms with Crippen LogP contribution < -0.4 is 0 Å². The van der Waals surface area contributed by atoms with Gasteiger partial charge in [0.05, 0.1) is 31.4 Å². The van der Waals surface area contributed by atoms with Gasteiger partial charge in [0, 0.05) is 16.6 Å². The Balaban J connectivity index is 2.19. The quantitative estimate of drug-likeness (QED) is 0.947. The summed E-state index contributed by atoms with van der Waals surface area (Å²) in [6, 6.07) is 5.90. The van der Waals surface area contributed by atoms with Crippen molar-refractivity contribution in [1.29, 1.82) is 0 Å². The van der Waals surface area contributed by atoms with Crippen LogP contribution in [-0.4, -0.2) is 41.6 Å². The minimum atomic E-state index is -0.886. The Labute approximate surface area is 129 Å². The molecular weight excluding hydrogens is 282 g/mol. The lowest BCUT2D eigenvalue weighted by atomic mass is 10.1. The number of carbonyl (C=O) groups is 1. The summed E-state index contributed by atoms with van der Waals surface area (Å²) >= 11 is 0. The molecule has 0 amide bonds. The van der Waals surface area contributed by atoms with Crippen LogP contribution in [0.1, 0.15) is 34.6 Å². The normalized spacial score (nSPS) is 20.2. The SMILES string of the molecule is Cc1cccc2c1c(C(=O)O)c(C)n2C(C)C1COCCO1. The number of aryl methyl sites for hydroxylation is 1. The molecule has 0 spiro atoms. The van der Waals surface area contributed by atoms with Gasteiger partial charge in [0.25, 0.3) is 0 Å². The maximum Gasteiger partial charge on any atom is 0.338 e. The summed E-state index contributed by atoms with van der Waals surface area (Å²) < 4.78 is 13.4. The van der Waals surface area contributed by atoms with E-state index in [1.54, 1.807) is 0 Å². The van der Waals surface area contributed by atoms with Gasteiger partial charge in [-0.25, -0.2) is 4.79 Å². The Morgan fingerprint density at radius 1 is 1.36 bits per heavy atom. The number of nitrogens with zero attached hydrogens (tertiary/aromatic N) is 1. The molecule has 2 aromatic rings. The third-order valence-electron chi connectivity index (χ3n) is 4.48. The summed E-state index contributed by atoms with van der Waals surface area (Å²) in [7, 11) is 0. The third-order valence-corrected chi connectivity index (χ3v) is 4.48. The second-order valence-electron chi connectivity index (χ2n) is 5.83. The fourth-order valence-corrected chi connectivity index (χ4v) is 3.40. The van der Waals surface area contributed by atoms with E-state index in [4.69, 9.17) is 9.47 Å². The number of hydrogen-bond donors (Lipinski definition) is 1. The molecule has 118 valence electrons. The van der Waals surface area contributed by atoms with E-state index >= 15 is 0 Å². The van der Waals surface area contributed by atoms with Crippen LogP contribution in [0.2, 0.25) is 0 Å². The Bertz CT molecular complexity index is 713. The monoisotopic (exact) mass is 303 g/mol. The van der Waals surface area contributed by atoms with Crippen molar-refractivity contribution < 1.29 is 19.4 Å². The summed E-state index contributed by atoms with van der Waals surface area (Å²) in [6.45, 7) is 7.60. The van der Waals surface area contributed by atoms with Gasteiger partial charge in [-0.15, -0.1) is 0 Å². The number of benzene rings is 1. The number of fused-ring (bicyclic) bond motifs is 1. The summed E-state index contributed by atoms with van der Waals surface area (Å²) in [5.74, 6) is -0.886. The van der Waals surface area contributed by atoms with Crippen LogP contribution in [0, 0.1) is 13.8 Å². The van der Waals surface area contributed by atoms with Gasteiger partial charge >= 0.3 is 5.97 Å². The standard InChI is InChI=1S/C17H21NO4/c1-10-5-4-6-13-15(10)16(17(19)20)12(3)18(13)11(2)14-9-21-7-8-22-14/h4-6,11,14H,7-9H2,1-3H3,(H,19,20). The number of hydrogen-bond acceptors (Lipinski definition) is 3. The van der Waals surface area contributed by atoms with Crippen LogP contribution in [0.5, 0.6) is 0 Å². The average molecular weight is 303 g/mol. The number of carboxylic acid groups (broad SMARTS) is 1. The third kappa shape index (κ3) is 2.30. The van der Waals surface area contributed by atoms with Crippen molar-refractivity contribution >= 4 is 16.9 Å². The van der Waals surface area contributed by atoms with Gasteiger partial charge in [0.2, 0.25) is 0 Å². The molecule has 0 radical (unpaired) electrons. The van der Waals surface area contributed by atoms with E-state index in [9.17, 15) is 9.90 Å². The van der Waals surface area contributed by atoms with Crippen LogP contribution in [0.25, 0.3) is 10.9 Å². The molecule has 0 bridgehead atoms. The number of rotatable bonds is 3. The second kappa shape index (κ2) is 5.74. The molecule has 1 aromatic carbocycles. The largest absolute Gasteiger partial charge is 0.478 e. The molecule has 5 nitrogen and oxygen atoms in total. The van der Waals surface area contributed by atoms with Crippen molar-refractivity contribution in [3.8, 4) is 0 Å². The van der Waals surface area contributed by atoms with Crippen LogP contribution in [0.15, 0.2) is 18.2 Å². The van der Waals surface area contributed by atoms with Gasteiger partial charge in [0.1, 0.15) is 6.10 Å². The molecule has 0 aliphatic carbocycles. The molecule has 22 heavy (non-hydrogen) atoms. The van der Waals surface area contributed by atoms with E-state index < -0.39 is 5.97 Å². The molecule has 1 fully saturated rings. The van der Waals surface area contributed by atoms with E-state index in [1.165, 1.54) is 0 Å². The van der Waals surface area contributed by atoms with Crippen LogP contribution >= 0.6 is 0 Å². The lowest BCUT2D eigenvalue weighted by Gasteiger charge is -2.30. The second-order valence-corrected chi connectivity index (χ2v) is 5.83. The van der Waals surface area contributed by atoms with Gasteiger partial charge in [-0.1, -0.05) is 12.1 Å². The van der Waals surface area contributed by atoms with Crippen molar-refractivity contribution in [2.24, 2.45) is 0 Å². The molecule has 2 heterocycles. The number of carboxylic acids is 1. The van der Waals surface area contributed by atoms with Crippen molar-refractivity contribution in [3.63, 3.8) is 0 Å². The highest BCUT2D eigenvalue weighted by Gasteiger charge is 2.28. The van der Waals surface area contributed by atoms with Crippen LogP contribution in [0.3, 0.4) is 0 Å². The number of aromatic nitrogens is 1. The highest BCUT2D eigenvalue weighted by Crippen LogP contribution is 2.33. The fourth-order valence-electron chi connectivity index (χ4n) is 3.40. The Kier molecular flexibility index (Phi) is 3.93. The highest BCUT2D eigenvalue weighted by atomic mass is 16.6. The Hall–Kier alpha value is -1.85. The zero-order valence-corrected chi connectivity index (χ0v) is 13.1. The van der Waals surface area contributed by atoms with Crippen molar-refractivity contribution in [2.45, 2.75) is 32.9 Å². The number of ether oxygens (including phenoxy) is 2. The van der Waals surface area contributed by atoms with E-state index in [-0.39, 0.29) is 12.1 Å². The molecule has 5 heteroatoms. The summed E-state index contributed by atoms with van der Waals surface area (Å²) in [5, 5.41) is 10.4. The summed E-state index contributed by atoms with van der Waals surface area (Å²) in [5.41, 5.74) is 3.07. The van der Waals surface area contributed by atoms with E-state index in [0.717, 1.165) is 22.2 Å². The smallest absolute Gasteiger partial charge is 0.338 e. The zero-order valence-electron chi connectivity index (χ0n) is 13.1. The molecule has 0 saturated carbocycles. The zero-order chi connectivity index (χ0) is 15.9. The van der Waals surface area contributed by atoms with Gasteiger partial charge in [-0.2, -0.15) is 0 Å². The maximum atomic E-state index is 11.7. The molecule has 1 aromatic heterocycles. The van der Waals surface area contributed by atoms with Gasteiger partial charge in [-0.3, -0.25) is 0 Å². The first-order valence-corrected chi connectivity index (χ1v) is 7.55. The minimum Gasteiger partial charge on any atom is -0.478 e. The first-order chi connectivity index (χ1) is 10.5. The lowest BCUT2D eigenvalue weighted by Crippen LogP contribution is -2.35. The topological polar surface area (TPSA) is 60.7 Å². The summed E-state index contributed by atoms with van der Waals surface area (Å²) in [6.07, 6.45) is -0.0646. The number of aromatic carboxylic acids is 1. The molecule has 1 aliphatic rings. The predicted molar refractivity (Wildman–Crippen MR) is 83.6 cm³/mol. The highest BCUT2D eigenvalue weighted by molar-refractivity contribution is 6.06. The first-order valence-electron chi connectivity index (χ1n) is 7.55. The predicted octanol–water partition coefficient (Wildman–Crippen LogP) is 2.93. The van der Waals surface area contributed by atoms with Crippen LogP contribution in [-0.2, 0) is 9.47 Å². The van der Waals surface area contributed by atoms with E-state index in [1.807, 2.05) is 32.0 Å². The van der Waals surface area contributed by atoms with Crippen LogP contribution in [0.4, 0.5) is 0 Å². The van der Waals surface area contributed by atoms with Crippen molar-refractivity contribution in [3.05, 3.63) is 35.0 Å². The molecule has 3 rings (SSSR count). The molecule has 1 N–H and O–H groups in total. The molecule has 1 aliphatic heterocycles. The molecule has 2 atom stereocenters. The first kappa shape index (κ1) is 15.1. The fraction of sp³-hybridized carbons (Fsp3) is 0.471. The van der Waals surface area contributed by atoms with E-state index in [2.05, 4.69) is 11.5 Å². The lowest BCUT2D eigenvalue weighted by molar-refractivity contribution is -0.104.